The van der Waals surface area contributed by atoms with Crippen LogP contribution in [0.25, 0.3) is 0 Å². The van der Waals surface area contributed by atoms with Crippen LogP contribution in [0.2, 0.25) is 0 Å². The summed E-state index contributed by atoms with van der Waals surface area (Å²) < 4.78 is 11.0. The van der Waals surface area contributed by atoms with Crippen molar-refractivity contribution in [1.82, 2.24) is 10.2 Å². The number of aryl methyl sites for hydroxylation is 2. The van der Waals surface area contributed by atoms with E-state index < -0.39 is 5.60 Å². The van der Waals surface area contributed by atoms with E-state index in [2.05, 4.69) is 45.6 Å². The molecule has 10 nitrogen and oxygen atoms in total. The van der Waals surface area contributed by atoms with Crippen molar-refractivity contribution in [2.24, 2.45) is 0 Å². The summed E-state index contributed by atoms with van der Waals surface area (Å²) >= 11 is 0. The number of furan rings is 1. The van der Waals surface area contributed by atoms with Gasteiger partial charge < -0.3 is 34.5 Å². The van der Waals surface area contributed by atoms with Gasteiger partial charge in [0.2, 0.25) is 0 Å². The first-order chi connectivity index (χ1) is 20.5. The van der Waals surface area contributed by atoms with Crippen molar-refractivity contribution < 1.29 is 23.5 Å². The number of piperazine rings is 1. The van der Waals surface area contributed by atoms with Crippen molar-refractivity contribution in [2.75, 3.05) is 54.4 Å². The fourth-order valence-electron chi connectivity index (χ4n) is 5.54. The second-order valence-electron chi connectivity index (χ2n) is 12.2. The number of likely N-dealkylation sites (tertiary alicyclic amines) is 1. The molecule has 0 saturated carbocycles. The molecule has 2 fully saturated rings. The number of rotatable bonds is 6. The Morgan fingerprint density at radius 3 is 2.21 bits per heavy atom. The fraction of sp³-hybridized carbons (Fsp3) is 0.424. The average Bonchev–Trinajstić information content (AvgIpc) is 3.62. The van der Waals surface area contributed by atoms with Crippen molar-refractivity contribution in [3.05, 3.63) is 77.2 Å². The fourth-order valence-corrected chi connectivity index (χ4v) is 5.54. The molecule has 3 amide bonds. The highest BCUT2D eigenvalue weighted by Gasteiger charge is 2.31. The van der Waals surface area contributed by atoms with E-state index in [4.69, 9.17) is 9.15 Å². The number of anilines is 3. The summed E-state index contributed by atoms with van der Waals surface area (Å²) in [5, 5.41) is 6.03. The Bertz CT molecular complexity index is 1480. The van der Waals surface area contributed by atoms with Crippen molar-refractivity contribution in [3.8, 4) is 0 Å². The van der Waals surface area contributed by atoms with Crippen LogP contribution in [0.1, 0.15) is 59.4 Å². The van der Waals surface area contributed by atoms with E-state index in [-0.39, 0.29) is 29.7 Å². The topological polar surface area (TPSA) is 107 Å². The van der Waals surface area contributed by atoms with Crippen molar-refractivity contribution in [3.63, 3.8) is 0 Å². The predicted molar refractivity (Wildman–Crippen MR) is 167 cm³/mol. The molecule has 43 heavy (non-hydrogen) atoms. The predicted octanol–water partition coefficient (Wildman–Crippen LogP) is 5.21. The van der Waals surface area contributed by atoms with Crippen LogP contribution in [-0.4, -0.2) is 73.7 Å². The van der Waals surface area contributed by atoms with Gasteiger partial charge in [0.15, 0.2) is 5.76 Å². The normalized spacial score (nSPS) is 17.1. The van der Waals surface area contributed by atoms with Crippen LogP contribution in [0.15, 0.2) is 59.0 Å². The second-order valence-corrected chi connectivity index (χ2v) is 12.2. The highest BCUT2D eigenvalue weighted by atomic mass is 16.6. The molecule has 2 saturated heterocycles. The van der Waals surface area contributed by atoms with Crippen LogP contribution >= 0.6 is 0 Å². The number of nitrogens with one attached hydrogen (secondary N) is 2. The molecule has 0 unspecified atom stereocenters. The molecule has 228 valence electrons. The first-order valence-electron chi connectivity index (χ1n) is 14.8. The quantitative estimate of drug-likeness (QED) is 0.408. The van der Waals surface area contributed by atoms with E-state index in [0.717, 1.165) is 31.9 Å². The number of ether oxygens (including phenoxy) is 1. The van der Waals surface area contributed by atoms with Gasteiger partial charge in [0.25, 0.3) is 11.8 Å². The molecular weight excluding hydrogens is 546 g/mol. The molecule has 0 spiro atoms. The summed E-state index contributed by atoms with van der Waals surface area (Å²) in [6, 6.07) is 16.9. The Balaban J connectivity index is 1.31. The maximum Gasteiger partial charge on any atom is 0.410 e. The Morgan fingerprint density at radius 2 is 1.56 bits per heavy atom. The minimum absolute atomic E-state index is 0.196. The monoisotopic (exact) mass is 587 g/mol. The summed E-state index contributed by atoms with van der Waals surface area (Å²) in [4.78, 5) is 45.1. The number of nitrogens with zero attached hydrogens (tertiary/aromatic N) is 3. The van der Waals surface area contributed by atoms with E-state index in [1.165, 1.54) is 11.3 Å². The lowest BCUT2D eigenvalue weighted by atomic mass is 10.1. The lowest BCUT2D eigenvalue weighted by Gasteiger charge is -2.38. The lowest BCUT2D eigenvalue weighted by Crippen LogP contribution is -2.47. The van der Waals surface area contributed by atoms with Gasteiger partial charge in [0.05, 0.1) is 11.4 Å². The number of hydrogen-bond donors (Lipinski definition) is 2. The summed E-state index contributed by atoms with van der Waals surface area (Å²) in [6.45, 7) is 13.5. The zero-order valence-electron chi connectivity index (χ0n) is 25.6. The van der Waals surface area contributed by atoms with Crippen LogP contribution in [0.4, 0.5) is 21.9 Å². The third-order valence-electron chi connectivity index (χ3n) is 7.72. The third kappa shape index (κ3) is 7.31. The second kappa shape index (κ2) is 12.4. The van der Waals surface area contributed by atoms with E-state index in [9.17, 15) is 14.4 Å². The van der Waals surface area contributed by atoms with Gasteiger partial charge in [0, 0.05) is 56.6 Å². The molecular formula is C33H41N5O5. The Morgan fingerprint density at radius 1 is 0.860 bits per heavy atom. The van der Waals surface area contributed by atoms with Crippen LogP contribution in [0.5, 0.6) is 0 Å². The molecule has 0 bridgehead atoms. The summed E-state index contributed by atoms with van der Waals surface area (Å²) in [5.74, 6) is 0.198. The number of benzene rings is 2. The highest BCUT2D eigenvalue weighted by Crippen LogP contribution is 2.31. The van der Waals surface area contributed by atoms with E-state index in [1.807, 2.05) is 32.9 Å². The molecule has 3 aromatic rings. The number of carbonyl (C=O) groups is 3. The molecule has 5 rings (SSSR count). The summed E-state index contributed by atoms with van der Waals surface area (Å²) in [7, 11) is 0. The number of carbonyl (C=O) groups excluding carboxylic acids is 3. The first kappa shape index (κ1) is 30.0. The van der Waals surface area contributed by atoms with Crippen LogP contribution < -0.4 is 20.4 Å². The lowest BCUT2D eigenvalue weighted by molar-refractivity contribution is 0.0290. The van der Waals surface area contributed by atoms with E-state index in [1.54, 1.807) is 36.1 Å². The Kier molecular flexibility index (Phi) is 8.66. The molecule has 2 aromatic carbocycles. The molecule has 1 aromatic heterocycles. The molecule has 3 heterocycles. The maximum absolute atomic E-state index is 13.3. The number of amides is 3. The molecule has 10 heteroatoms. The van der Waals surface area contributed by atoms with Gasteiger partial charge in [-0.15, -0.1) is 0 Å². The van der Waals surface area contributed by atoms with Crippen molar-refractivity contribution in [1.29, 1.82) is 0 Å². The first-order valence-corrected chi connectivity index (χ1v) is 14.8. The van der Waals surface area contributed by atoms with Crippen molar-refractivity contribution >= 4 is 35.0 Å². The molecule has 1 atom stereocenters. The summed E-state index contributed by atoms with van der Waals surface area (Å²) in [5.41, 5.74) is 3.69. The number of para-hydroxylation sites is 1. The Hall–Kier alpha value is -4.47. The molecule has 2 N–H and O–H groups in total. The van der Waals surface area contributed by atoms with Crippen LogP contribution in [0, 0.1) is 13.8 Å². The van der Waals surface area contributed by atoms with Crippen LogP contribution in [0.3, 0.4) is 0 Å². The van der Waals surface area contributed by atoms with Gasteiger partial charge in [-0.2, -0.15) is 0 Å². The van der Waals surface area contributed by atoms with Gasteiger partial charge in [-0.3, -0.25) is 9.59 Å². The maximum atomic E-state index is 13.3. The molecule has 2 aliphatic rings. The van der Waals surface area contributed by atoms with Gasteiger partial charge >= 0.3 is 6.09 Å². The molecule has 2 aliphatic heterocycles. The summed E-state index contributed by atoms with van der Waals surface area (Å²) in [6.07, 6.45) is 0.254. The Labute approximate surface area is 253 Å². The van der Waals surface area contributed by atoms with Gasteiger partial charge in [-0.1, -0.05) is 18.2 Å². The van der Waals surface area contributed by atoms with Gasteiger partial charge in [-0.25, -0.2) is 4.79 Å². The van der Waals surface area contributed by atoms with Crippen LogP contribution in [-0.2, 0) is 4.74 Å². The van der Waals surface area contributed by atoms with E-state index >= 15 is 0 Å². The SMILES string of the molecule is Cc1ccc(C(=O)Nc2cc(C(=O)N[C@@H]3CCN(C(=O)OC(C)(C)C)C3)ccc2N2CCN(c3ccccc3C)CC2)o1. The standard InChI is InChI=1S/C33H41N5O5/c1-22-8-6-7-9-27(22)36-16-18-37(19-17-36)28-12-11-24(20-26(28)35-31(40)29-13-10-23(2)42-29)30(39)34-25-14-15-38(21-25)32(41)43-33(3,4)5/h6-13,20,25H,14-19,21H2,1-5H3,(H,34,39)(H,35,40)/t25-/m1/s1. The minimum Gasteiger partial charge on any atom is -0.456 e. The zero-order chi connectivity index (χ0) is 30.7. The molecule has 0 aliphatic carbocycles. The highest BCUT2D eigenvalue weighted by molar-refractivity contribution is 6.05. The third-order valence-corrected chi connectivity index (χ3v) is 7.72. The zero-order valence-corrected chi connectivity index (χ0v) is 25.6. The number of hydrogen-bond acceptors (Lipinski definition) is 7. The largest absolute Gasteiger partial charge is 0.456 e. The van der Waals surface area contributed by atoms with E-state index in [0.29, 0.717) is 36.5 Å². The minimum atomic E-state index is -0.581. The molecule has 0 radical (unpaired) electrons. The smallest absolute Gasteiger partial charge is 0.410 e. The van der Waals surface area contributed by atoms with Gasteiger partial charge in [-0.05, 0) is 83.0 Å². The van der Waals surface area contributed by atoms with Crippen molar-refractivity contribution in [2.45, 2.75) is 52.7 Å². The van der Waals surface area contributed by atoms with Gasteiger partial charge in [0.1, 0.15) is 11.4 Å². The average molecular weight is 588 g/mol.